The second kappa shape index (κ2) is 8.55. The summed E-state index contributed by atoms with van der Waals surface area (Å²) in [6.07, 6.45) is 0.227. The first-order valence-corrected chi connectivity index (χ1v) is 9.05. The molecule has 2 N–H and O–H groups in total. The summed E-state index contributed by atoms with van der Waals surface area (Å²) in [4.78, 5) is 30.5. The zero-order chi connectivity index (χ0) is 17.6. The van der Waals surface area contributed by atoms with Crippen LogP contribution in [0.1, 0.15) is 26.5 Å². The van der Waals surface area contributed by atoms with Gasteiger partial charge in [0.1, 0.15) is 0 Å². The Labute approximate surface area is 146 Å². The molecule has 1 aromatic rings. The van der Waals surface area contributed by atoms with E-state index in [0.29, 0.717) is 17.4 Å². The first kappa shape index (κ1) is 18.8. The van der Waals surface area contributed by atoms with Crippen molar-refractivity contribution in [1.82, 2.24) is 15.2 Å². The summed E-state index contributed by atoms with van der Waals surface area (Å²) >= 11 is 1.34. The Morgan fingerprint density at radius 3 is 2.71 bits per heavy atom. The van der Waals surface area contributed by atoms with Crippen LogP contribution in [-0.4, -0.2) is 61.1 Å². The van der Waals surface area contributed by atoms with Crippen LogP contribution >= 0.6 is 11.3 Å². The highest BCUT2D eigenvalue weighted by molar-refractivity contribution is 7.13. The van der Waals surface area contributed by atoms with Gasteiger partial charge in [-0.1, -0.05) is 20.8 Å². The highest BCUT2D eigenvalue weighted by atomic mass is 32.1. The van der Waals surface area contributed by atoms with E-state index >= 15 is 0 Å². The van der Waals surface area contributed by atoms with Gasteiger partial charge in [0, 0.05) is 37.0 Å². The number of hydrogen-bond donors (Lipinski definition) is 2. The molecule has 1 aliphatic rings. The number of thiazole rings is 1. The van der Waals surface area contributed by atoms with Gasteiger partial charge in [-0.05, 0) is 0 Å². The van der Waals surface area contributed by atoms with Crippen LogP contribution in [0.4, 0.5) is 5.13 Å². The lowest BCUT2D eigenvalue weighted by atomic mass is 9.96. The van der Waals surface area contributed by atoms with Crippen molar-refractivity contribution >= 4 is 28.3 Å². The van der Waals surface area contributed by atoms with Crippen LogP contribution in [0.2, 0.25) is 0 Å². The molecule has 24 heavy (non-hydrogen) atoms. The highest BCUT2D eigenvalue weighted by Crippen LogP contribution is 2.20. The summed E-state index contributed by atoms with van der Waals surface area (Å²) < 4.78 is 5.29. The molecule has 0 saturated carbocycles. The number of aromatic nitrogens is 1. The first-order chi connectivity index (χ1) is 11.3. The molecular formula is C16H26N4O3S. The second-order valence-electron chi connectivity index (χ2n) is 6.83. The number of nitrogens with zero attached hydrogens (tertiary/aromatic N) is 2. The molecule has 0 aromatic carbocycles. The van der Waals surface area contributed by atoms with Crippen LogP contribution in [0.5, 0.6) is 0 Å². The number of ether oxygens (including phenoxy) is 1. The quantitative estimate of drug-likeness (QED) is 0.800. The van der Waals surface area contributed by atoms with E-state index in [9.17, 15) is 9.59 Å². The van der Waals surface area contributed by atoms with Gasteiger partial charge in [-0.2, -0.15) is 0 Å². The maximum Gasteiger partial charge on any atom is 0.231 e. The normalized spacial score (nSPS) is 16.0. The van der Waals surface area contributed by atoms with E-state index in [0.717, 1.165) is 32.8 Å². The lowest BCUT2D eigenvalue weighted by molar-refractivity contribution is -0.123. The van der Waals surface area contributed by atoms with E-state index in [1.54, 1.807) is 5.38 Å². The lowest BCUT2D eigenvalue weighted by Crippen LogP contribution is -2.41. The Morgan fingerprint density at radius 1 is 1.33 bits per heavy atom. The molecule has 1 saturated heterocycles. The summed E-state index contributed by atoms with van der Waals surface area (Å²) in [5, 5.41) is 8.03. The topological polar surface area (TPSA) is 83.6 Å². The van der Waals surface area contributed by atoms with Crippen LogP contribution in [0, 0.1) is 5.41 Å². The van der Waals surface area contributed by atoms with Gasteiger partial charge >= 0.3 is 0 Å². The zero-order valence-electron chi connectivity index (χ0n) is 14.6. The van der Waals surface area contributed by atoms with Crippen LogP contribution in [0.3, 0.4) is 0 Å². The number of amides is 2. The molecule has 1 fully saturated rings. The van der Waals surface area contributed by atoms with Crippen molar-refractivity contribution in [2.75, 3.05) is 44.7 Å². The Balaban J connectivity index is 1.71. The minimum Gasteiger partial charge on any atom is -0.379 e. The highest BCUT2D eigenvalue weighted by Gasteiger charge is 2.22. The third kappa shape index (κ3) is 6.18. The summed E-state index contributed by atoms with van der Waals surface area (Å²) in [6, 6.07) is 0. The molecule has 1 aliphatic heterocycles. The van der Waals surface area contributed by atoms with E-state index < -0.39 is 5.41 Å². The Morgan fingerprint density at radius 2 is 2.04 bits per heavy atom. The molecule has 0 spiro atoms. The van der Waals surface area contributed by atoms with Crippen molar-refractivity contribution < 1.29 is 14.3 Å². The van der Waals surface area contributed by atoms with Crippen molar-refractivity contribution in [2.45, 2.75) is 27.2 Å². The maximum absolute atomic E-state index is 12.0. The van der Waals surface area contributed by atoms with Gasteiger partial charge in [0.05, 0.1) is 25.3 Å². The standard InChI is InChI=1S/C16H26N4O3S/c1-16(2,3)14(22)19-15-18-12(11-24-15)10-13(21)17-4-5-20-6-8-23-9-7-20/h11H,4-10H2,1-3H3,(H,17,21)(H,18,19,22). The van der Waals surface area contributed by atoms with Crippen LogP contribution < -0.4 is 10.6 Å². The van der Waals surface area contributed by atoms with Crippen molar-refractivity contribution in [1.29, 1.82) is 0 Å². The van der Waals surface area contributed by atoms with Crippen LogP contribution in [0.25, 0.3) is 0 Å². The number of rotatable bonds is 6. The average Bonchev–Trinajstić information content (AvgIpc) is 2.94. The fourth-order valence-corrected chi connectivity index (χ4v) is 2.84. The smallest absolute Gasteiger partial charge is 0.231 e. The zero-order valence-corrected chi connectivity index (χ0v) is 15.4. The summed E-state index contributed by atoms with van der Waals surface area (Å²) in [5.74, 6) is -0.138. The maximum atomic E-state index is 12.0. The summed E-state index contributed by atoms with van der Waals surface area (Å²) in [6.45, 7) is 10.3. The molecule has 134 valence electrons. The Bertz CT molecular complexity index is 562. The minimum atomic E-state index is -0.470. The van der Waals surface area contributed by atoms with Gasteiger partial charge in [-0.15, -0.1) is 11.3 Å². The number of carbonyl (C=O) groups is 2. The van der Waals surface area contributed by atoms with Gasteiger partial charge in [-0.25, -0.2) is 4.98 Å². The van der Waals surface area contributed by atoms with Crippen LogP contribution in [0.15, 0.2) is 5.38 Å². The van der Waals surface area contributed by atoms with E-state index in [1.807, 2.05) is 20.8 Å². The average molecular weight is 354 g/mol. The van der Waals surface area contributed by atoms with E-state index in [-0.39, 0.29) is 18.2 Å². The summed E-state index contributed by atoms with van der Waals surface area (Å²) in [5.41, 5.74) is 0.205. The fraction of sp³-hybridized carbons (Fsp3) is 0.688. The Kier molecular flexibility index (Phi) is 6.70. The van der Waals surface area contributed by atoms with Crippen molar-refractivity contribution in [3.05, 3.63) is 11.1 Å². The van der Waals surface area contributed by atoms with Crippen molar-refractivity contribution in [3.63, 3.8) is 0 Å². The third-order valence-corrected chi connectivity index (χ3v) is 4.46. The van der Waals surface area contributed by atoms with Crippen molar-refractivity contribution in [3.8, 4) is 0 Å². The number of carbonyl (C=O) groups excluding carboxylic acids is 2. The molecule has 1 aromatic heterocycles. The monoisotopic (exact) mass is 354 g/mol. The molecule has 0 atom stereocenters. The second-order valence-corrected chi connectivity index (χ2v) is 7.69. The predicted molar refractivity (Wildman–Crippen MR) is 94.2 cm³/mol. The van der Waals surface area contributed by atoms with Gasteiger partial charge in [-0.3, -0.25) is 14.5 Å². The molecule has 0 unspecified atom stereocenters. The molecule has 0 radical (unpaired) electrons. The molecule has 2 rings (SSSR count). The molecule has 7 nitrogen and oxygen atoms in total. The van der Waals surface area contributed by atoms with E-state index in [2.05, 4.69) is 20.5 Å². The van der Waals surface area contributed by atoms with Gasteiger partial charge in [0.25, 0.3) is 0 Å². The molecule has 2 heterocycles. The largest absolute Gasteiger partial charge is 0.379 e. The Hall–Kier alpha value is -1.51. The molecular weight excluding hydrogens is 328 g/mol. The lowest BCUT2D eigenvalue weighted by Gasteiger charge is -2.26. The number of anilines is 1. The first-order valence-electron chi connectivity index (χ1n) is 8.17. The van der Waals surface area contributed by atoms with Crippen molar-refractivity contribution in [2.24, 2.45) is 5.41 Å². The number of morpholine rings is 1. The third-order valence-electron chi connectivity index (χ3n) is 3.65. The van der Waals surface area contributed by atoms with Crippen LogP contribution in [-0.2, 0) is 20.7 Å². The number of hydrogen-bond acceptors (Lipinski definition) is 6. The van der Waals surface area contributed by atoms with Gasteiger partial charge in [0.15, 0.2) is 5.13 Å². The SMILES string of the molecule is CC(C)(C)C(=O)Nc1nc(CC(=O)NCCN2CCOCC2)cs1. The van der Waals surface area contributed by atoms with Gasteiger partial charge < -0.3 is 15.4 Å². The van der Waals surface area contributed by atoms with E-state index in [4.69, 9.17) is 4.74 Å². The summed E-state index contributed by atoms with van der Waals surface area (Å²) in [7, 11) is 0. The molecule has 0 bridgehead atoms. The molecule has 0 aliphatic carbocycles. The number of nitrogens with one attached hydrogen (secondary N) is 2. The molecule has 2 amide bonds. The molecule has 8 heteroatoms. The fourth-order valence-electron chi connectivity index (χ4n) is 2.14. The van der Waals surface area contributed by atoms with E-state index in [1.165, 1.54) is 11.3 Å². The predicted octanol–water partition coefficient (Wildman–Crippen LogP) is 1.12. The minimum absolute atomic E-state index is 0.0535. The van der Waals surface area contributed by atoms with Gasteiger partial charge in [0.2, 0.25) is 11.8 Å².